The van der Waals surface area contributed by atoms with Crippen LogP contribution >= 0.6 is 11.3 Å². The van der Waals surface area contributed by atoms with Gasteiger partial charge in [-0.25, -0.2) is 4.79 Å². The Hall–Kier alpha value is -1.40. The molecular weight excluding hydrogens is 300 g/mol. The number of hydrogen-bond donors (Lipinski definition) is 0. The molecule has 122 valence electrons. The first-order valence-corrected chi connectivity index (χ1v) is 8.39. The van der Waals surface area contributed by atoms with E-state index in [0.29, 0.717) is 19.6 Å². The fraction of sp³-hybridized carbons (Fsp3) is 0.625. The van der Waals surface area contributed by atoms with Crippen molar-refractivity contribution >= 4 is 23.2 Å². The zero-order chi connectivity index (χ0) is 16.3. The lowest BCUT2D eigenvalue weighted by atomic mass is 10.2. The molecule has 0 aromatic carbocycles. The van der Waals surface area contributed by atoms with Crippen LogP contribution in [0, 0.1) is 0 Å². The molecule has 1 atom stereocenters. The number of likely N-dealkylation sites (tertiary alicyclic amines) is 1. The summed E-state index contributed by atoms with van der Waals surface area (Å²) in [4.78, 5) is 28.7. The van der Waals surface area contributed by atoms with Crippen LogP contribution in [0.2, 0.25) is 0 Å². The largest absolute Gasteiger partial charge is 0.444 e. The van der Waals surface area contributed by atoms with E-state index in [1.165, 1.54) is 11.3 Å². The second-order valence-electron chi connectivity index (χ2n) is 6.68. The molecule has 1 amide bonds. The summed E-state index contributed by atoms with van der Waals surface area (Å²) in [6, 6.07) is 3.94. The van der Waals surface area contributed by atoms with Gasteiger partial charge in [-0.15, -0.1) is 11.3 Å². The van der Waals surface area contributed by atoms with Crippen LogP contribution in [0.25, 0.3) is 0 Å². The lowest BCUT2D eigenvalue weighted by Gasteiger charge is -2.26. The molecule has 0 aliphatic carbocycles. The summed E-state index contributed by atoms with van der Waals surface area (Å²) in [5.41, 5.74) is -0.476. The van der Waals surface area contributed by atoms with Gasteiger partial charge in [-0.1, -0.05) is 6.07 Å². The molecule has 0 bridgehead atoms. The van der Waals surface area contributed by atoms with Gasteiger partial charge in [0, 0.05) is 19.1 Å². The molecule has 0 spiro atoms. The summed E-state index contributed by atoms with van der Waals surface area (Å²) >= 11 is 1.47. The topological polar surface area (TPSA) is 49.9 Å². The predicted molar refractivity (Wildman–Crippen MR) is 87.5 cm³/mol. The molecule has 2 rings (SSSR count). The van der Waals surface area contributed by atoms with Crippen LogP contribution in [0.15, 0.2) is 17.5 Å². The molecule has 0 saturated carbocycles. The van der Waals surface area contributed by atoms with E-state index in [4.69, 9.17) is 4.74 Å². The number of carbonyl (C=O) groups is 2. The fourth-order valence-corrected chi connectivity index (χ4v) is 3.12. The Bertz CT molecular complexity index is 522. The molecule has 1 fully saturated rings. The average molecular weight is 324 g/mol. The second kappa shape index (κ2) is 6.79. The molecule has 0 radical (unpaired) electrons. The van der Waals surface area contributed by atoms with E-state index in [-0.39, 0.29) is 17.9 Å². The lowest BCUT2D eigenvalue weighted by Crippen LogP contribution is -2.40. The molecule has 1 unspecified atom stereocenters. The van der Waals surface area contributed by atoms with Crippen LogP contribution in [0.3, 0.4) is 0 Å². The van der Waals surface area contributed by atoms with Crippen molar-refractivity contribution in [1.29, 1.82) is 0 Å². The Labute approximate surface area is 135 Å². The SMILES string of the molecule is CN(CC(=O)c1cccs1)C1CCN(C(=O)OC(C)(C)C)C1. The number of Topliss-reactive ketones (excluding diaryl/α,β-unsaturated/α-hetero) is 1. The van der Waals surface area contributed by atoms with Gasteiger partial charge in [0.1, 0.15) is 5.60 Å². The number of ether oxygens (including phenoxy) is 1. The highest BCUT2D eigenvalue weighted by atomic mass is 32.1. The third-order valence-corrected chi connectivity index (χ3v) is 4.54. The summed E-state index contributed by atoms with van der Waals surface area (Å²) in [7, 11) is 1.94. The summed E-state index contributed by atoms with van der Waals surface area (Å²) in [6.07, 6.45) is 0.598. The second-order valence-corrected chi connectivity index (χ2v) is 7.63. The molecule has 5 nitrogen and oxygen atoms in total. The smallest absolute Gasteiger partial charge is 0.410 e. The van der Waals surface area contributed by atoms with E-state index in [9.17, 15) is 9.59 Å². The first kappa shape index (κ1) is 17.0. The van der Waals surface area contributed by atoms with Gasteiger partial charge in [0.2, 0.25) is 0 Å². The average Bonchev–Trinajstić information content (AvgIpc) is 3.08. The van der Waals surface area contributed by atoms with Crippen molar-refractivity contribution in [1.82, 2.24) is 9.80 Å². The number of likely N-dealkylation sites (N-methyl/N-ethyl adjacent to an activating group) is 1. The standard InChI is InChI=1S/C16H24N2O3S/c1-16(2,3)21-15(20)18-8-7-12(10-18)17(4)11-13(19)14-6-5-9-22-14/h5-6,9,12H,7-8,10-11H2,1-4H3. The van der Waals surface area contributed by atoms with Gasteiger partial charge in [-0.3, -0.25) is 9.69 Å². The predicted octanol–water partition coefficient (Wildman–Crippen LogP) is 2.87. The molecule has 2 heterocycles. The zero-order valence-corrected chi connectivity index (χ0v) is 14.5. The summed E-state index contributed by atoms with van der Waals surface area (Å²) in [5, 5.41) is 1.91. The number of rotatable bonds is 4. The normalized spacial score (nSPS) is 18.8. The van der Waals surface area contributed by atoms with Crippen LogP contribution in [-0.2, 0) is 4.74 Å². The minimum Gasteiger partial charge on any atom is -0.444 e. The third kappa shape index (κ3) is 4.55. The number of nitrogens with zero attached hydrogens (tertiary/aromatic N) is 2. The number of hydrogen-bond acceptors (Lipinski definition) is 5. The minimum atomic E-state index is -0.476. The van der Waals surface area contributed by atoms with E-state index in [1.54, 1.807) is 4.90 Å². The van der Waals surface area contributed by atoms with Crippen LogP contribution < -0.4 is 0 Å². The van der Waals surface area contributed by atoms with Gasteiger partial charge < -0.3 is 9.64 Å². The van der Waals surface area contributed by atoms with Crippen molar-refractivity contribution in [3.05, 3.63) is 22.4 Å². The van der Waals surface area contributed by atoms with Gasteiger partial charge in [0.25, 0.3) is 0 Å². The Kier molecular flexibility index (Phi) is 5.24. The van der Waals surface area contributed by atoms with E-state index >= 15 is 0 Å². The van der Waals surface area contributed by atoms with Gasteiger partial charge in [0.05, 0.1) is 11.4 Å². The Morgan fingerprint density at radius 1 is 1.45 bits per heavy atom. The number of thiophene rings is 1. The lowest BCUT2D eigenvalue weighted by molar-refractivity contribution is 0.0283. The van der Waals surface area contributed by atoms with E-state index in [0.717, 1.165) is 11.3 Å². The molecular formula is C16H24N2O3S. The summed E-state index contributed by atoms with van der Waals surface area (Å²) in [5.74, 6) is 0.133. The van der Waals surface area contributed by atoms with Gasteiger partial charge in [0.15, 0.2) is 5.78 Å². The Morgan fingerprint density at radius 2 is 2.18 bits per heavy atom. The highest BCUT2D eigenvalue weighted by Crippen LogP contribution is 2.19. The van der Waals surface area contributed by atoms with Crippen molar-refractivity contribution in [3.63, 3.8) is 0 Å². The van der Waals surface area contributed by atoms with Gasteiger partial charge in [-0.05, 0) is 45.7 Å². The van der Waals surface area contributed by atoms with Crippen molar-refractivity contribution in [2.24, 2.45) is 0 Å². The van der Waals surface area contributed by atoms with E-state index in [1.807, 2.05) is 50.2 Å². The molecule has 1 aromatic rings. The highest BCUT2D eigenvalue weighted by molar-refractivity contribution is 7.12. The van der Waals surface area contributed by atoms with Crippen LogP contribution in [0.5, 0.6) is 0 Å². The van der Waals surface area contributed by atoms with Crippen molar-refractivity contribution in [2.45, 2.75) is 38.8 Å². The van der Waals surface area contributed by atoms with Gasteiger partial charge >= 0.3 is 6.09 Å². The number of amides is 1. The van der Waals surface area contributed by atoms with Crippen molar-refractivity contribution in [2.75, 3.05) is 26.7 Å². The molecule has 1 aromatic heterocycles. The monoisotopic (exact) mass is 324 g/mol. The maximum atomic E-state index is 12.1. The zero-order valence-electron chi connectivity index (χ0n) is 13.7. The Morgan fingerprint density at radius 3 is 2.77 bits per heavy atom. The fourth-order valence-electron chi connectivity index (χ4n) is 2.46. The minimum absolute atomic E-state index is 0.133. The van der Waals surface area contributed by atoms with Crippen LogP contribution in [0.1, 0.15) is 36.9 Å². The molecule has 1 aliphatic heterocycles. The highest BCUT2D eigenvalue weighted by Gasteiger charge is 2.32. The maximum Gasteiger partial charge on any atom is 0.410 e. The van der Waals surface area contributed by atoms with E-state index < -0.39 is 5.60 Å². The Balaban J connectivity index is 1.84. The summed E-state index contributed by atoms with van der Waals surface area (Å²) in [6.45, 7) is 7.27. The van der Waals surface area contributed by atoms with Crippen molar-refractivity contribution in [3.8, 4) is 0 Å². The van der Waals surface area contributed by atoms with E-state index in [2.05, 4.69) is 0 Å². The summed E-state index contributed by atoms with van der Waals surface area (Å²) < 4.78 is 5.39. The van der Waals surface area contributed by atoms with Crippen LogP contribution in [-0.4, -0.2) is 60.0 Å². The molecule has 22 heavy (non-hydrogen) atoms. The van der Waals surface area contributed by atoms with Crippen molar-refractivity contribution < 1.29 is 14.3 Å². The molecule has 0 N–H and O–H groups in total. The molecule has 6 heteroatoms. The first-order chi connectivity index (χ1) is 10.3. The number of carbonyl (C=O) groups excluding carboxylic acids is 2. The molecule has 1 aliphatic rings. The third-order valence-electron chi connectivity index (χ3n) is 3.63. The van der Waals surface area contributed by atoms with Crippen LogP contribution in [0.4, 0.5) is 4.79 Å². The quantitative estimate of drug-likeness (QED) is 0.799. The van der Waals surface area contributed by atoms with Gasteiger partial charge in [-0.2, -0.15) is 0 Å². The first-order valence-electron chi connectivity index (χ1n) is 7.51. The molecule has 1 saturated heterocycles. The maximum absolute atomic E-state index is 12.1. The number of ketones is 1.